The van der Waals surface area contributed by atoms with E-state index >= 15 is 0 Å². The predicted octanol–water partition coefficient (Wildman–Crippen LogP) is 1.88. The van der Waals surface area contributed by atoms with E-state index in [2.05, 4.69) is 9.88 Å². The molecule has 2 rings (SSSR count). The lowest BCUT2D eigenvalue weighted by atomic mass is 10.1. The number of rotatable bonds is 5. The maximum atomic E-state index is 12.3. The Morgan fingerprint density at radius 3 is 2.70 bits per heavy atom. The molecule has 0 amide bonds. The molecule has 2 N–H and O–H groups in total. The van der Waals surface area contributed by atoms with Crippen LogP contribution in [0.2, 0.25) is 0 Å². The Morgan fingerprint density at radius 2 is 2.20 bits per heavy atom. The van der Waals surface area contributed by atoms with Crippen molar-refractivity contribution in [2.45, 2.75) is 37.6 Å². The average Bonchev–Trinajstić information content (AvgIpc) is 2.96. The molecule has 1 atom stereocenters. The molecule has 0 aliphatic heterocycles. The molecule has 0 radical (unpaired) electrons. The second kappa shape index (κ2) is 5.65. The number of nitrogens with zero attached hydrogens (tertiary/aromatic N) is 1. The normalized spacial score (nSPS) is 13.6. The largest absolute Gasteiger partial charge is 0.392 e. The Morgan fingerprint density at radius 1 is 1.50 bits per heavy atom. The number of nitrogens with one attached hydrogen (secondary N) is 1. The van der Waals surface area contributed by atoms with Crippen LogP contribution in [0.25, 0.3) is 0 Å². The van der Waals surface area contributed by atoms with Gasteiger partial charge in [0.2, 0.25) is 0 Å². The minimum atomic E-state index is -3.62. The fourth-order valence-corrected chi connectivity index (χ4v) is 4.47. The number of aryl methyl sites for hydroxylation is 2. The molecule has 20 heavy (non-hydrogen) atoms. The summed E-state index contributed by atoms with van der Waals surface area (Å²) in [7, 11) is -3.62. The molecule has 110 valence electrons. The van der Waals surface area contributed by atoms with Gasteiger partial charge in [0.05, 0.1) is 12.3 Å². The fourth-order valence-electron chi connectivity index (χ4n) is 2.03. The molecule has 0 spiro atoms. The summed E-state index contributed by atoms with van der Waals surface area (Å²) in [6, 6.07) is 1.03. The highest BCUT2D eigenvalue weighted by Gasteiger charge is 2.24. The van der Waals surface area contributed by atoms with Crippen molar-refractivity contribution in [2.24, 2.45) is 0 Å². The third kappa shape index (κ3) is 2.93. The summed E-state index contributed by atoms with van der Waals surface area (Å²) in [4.78, 5) is 0. The minimum Gasteiger partial charge on any atom is -0.392 e. The lowest BCUT2D eigenvalue weighted by molar-refractivity contribution is 0.282. The van der Waals surface area contributed by atoms with Gasteiger partial charge in [-0.15, -0.1) is 11.3 Å². The van der Waals surface area contributed by atoms with Gasteiger partial charge in [-0.05, 0) is 37.8 Å². The van der Waals surface area contributed by atoms with Gasteiger partial charge in [-0.2, -0.15) is 0 Å². The van der Waals surface area contributed by atoms with Crippen LogP contribution in [0.1, 0.15) is 35.5 Å². The molecule has 0 aliphatic carbocycles. The number of aliphatic hydroxyl groups is 1. The van der Waals surface area contributed by atoms with Gasteiger partial charge < -0.3 is 9.63 Å². The van der Waals surface area contributed by atoms with Crippen LogP contribution in [0, 0.1) is 13.8 Å². The highest BCUT2D eigenvalue weighted by Crippen LogP contribution is 2.25. The molecule has 6 nitrogen and oxygen atoms in total. The van der Waals surface area contributed by atoms with Crippen molar-refractivity contribution >= 4 is 21.4 Å². The Balaban J connectivity index is 2.24. The summed E-state index contributed by atoms with van der Waals surface area (Å²) in [5, 5.41) is 14.4. The van der Waals surface area contributed by atoms with Crippen LogP contribution in [0.15, 0.2) is 20.2 Å². The first kappa shape index (κ1) is 15.2. The molecule has 2 heterocycles. The number of hydrogen-bond donors (Lipinski definition) is 2. The molecule has 2 aromatic heterocycles. The van der Waals surface area contributed by atoms with Crippen molar-refractivity contribution in [1.82, 2.24) is 9.88 Å². The maximum Gasteiger partial charge on any atom is 0.250 e. The third-order valence-electron chi connectivity index (χ3n) is 2.93. The van der Waals surface area contributed by atoms with Crippen LogP contribution < -0.4 is 4.72 Å². The van der Waals surface area contributed by atoms with E-state index in [9.17, 15) is 8.42 Å². The topological polar surface area (TPSA) is 92.4 Å². The first-order chi connectivity index (χ1) is 9.35. The van der Waals surface area contributed by atoms with E-state index in [1.54, 1.807) is 26.2 Å². The highest BCUT2D eigenvalue weighted by atomic mass is 32.2. The second-order valence-electron chi connectivity index (χ2n) is 4.51. The quantitative estimate of drug-likeness (QED) is 0.878. The summed E-state index contributed by atoms with van der Waals surface area (Å²) in [5.41, 5.74) is 1.99. The summed E-state index contributed by atoms with van der Waals surface area (Å²) in [5.74, 6) is 0.597. The number of hydrogen-bond acceptors (Lipinski definition) is 6. The molecule has 0 saturated carbocycles. The van der Waals surface area contributed by atoms with Crippen LogP contribution >= 0.6 is 11.3 Å². The molecule has 0 aliphatic rings. The number of sulfonamides is 1. The SMILES string of the molecule is Cc1noc(C)c1C(C)NS(=O)(=O)c1cc(CO)cs1. The maximum absolute atomic E-state index is 12.3. The first-order valence-electron chi connectivity index (χ1n) is 5.98. The van der Waals surface area contributed by atoms with Crippen LogP contribution in [-0.4, -0.2) is 18.7 Å². The van der Waals surface area contributed by atoms with E-state index in [1.165, 1.54) is 6.07 Å². The highest BCUT2D eigenvalue weighted by molar-refractivity contribution is 7.91. The molecule has 2 aromatic rings. The van der Waals surface area contributed by atoms with Crippen molar-refractivity contribution in [1.29, 1.82) is 0 Å². The average molecular weight is 316 g/mol. The lowest BCUT2D eigenvalue weighted by Crippen LogP contribution is -2.26. The monoisotopic (exact) mass is 316 g/mol. The van der Waals surface area contributed by atoms with Gasteiger partial charge in [0.1, 0.15) is 9.97 Å². The Hall–Kier alpha value is -1.22. The van der Waals surface area contributed by atoms with E-state index in [4.69, 9.17) is 9.63 Å². The fraction of sp³-hybridized carbons (Fsp3) is 0.417. The molecular weight excluding hydrogens is 300 g/mol. The van der Waals surface area contributed by atoms with Gasteiger partial charge in [-0.25, -0.2) is 13.1 Å². The van der Waals surface area contributed by atoms with Crippen molar-refractivity contribution in [3.05, 3.63) is 34.0 Å². The van der Waals surface area contributed by atoms with E-state index in [0.717, 1.165) is 16.9 Å². The van der Waals surface area contributed by atoms with Crippen LogP contribution in [0.5, 0.6) is 0 Å². The van der Waals surface area contributed by atoms with Gasteiger partial charge in [0.15, 0.2) is 0 Å². The molecular formula is C12H16N2O4S2. The molecule has 0 saturated heterocycles. The number of aromatic nitrogens is 1. The van der Waals surface area contributed by atoms with Gasteiger partial charge in [0, 0.05) is 11.6 Å². The molecule has 1 unspecified atom stereocenters. The Kier molecular flexibility index (Phi) is 4.28. The third-order valence-corrected chi connectivity index (χ3v) is 5.96. The number of aliphatic hydroxyl groups excluding tert-OH is 1. The zero-order valence-corrected chi connectivity index (χ0v) is 13.0. The van der Waals surface area contributed by atoms with Gasteiger partial charge in [-0.1, -0.05) is 5.16 Å². The minimum absolute atomic E-state index is 0.175. The van der Waals surface area contributed by atoms with E-state index in [0.29, 0.717) is 17.0 Å². The van der Waals surface area contributed by atoms with Crippen LogP contribution in [0.3, 0.4) is 0 Å². The van der Waals surface area contributed by atoms with Crippen LogP contribution in [-0.2, 0) is 16.6 Å². The van der Waals surface area contributed by atoms with Gasteiger partial charge in [-0.3, -0.25) is 0 Å². The zero-order chi connectivity index (χ0) is 14.9. The lowest BCUT2D eigenvalue weighted by Gasteiger charge is -2.13. The molecule has 0 fully saturated rings. The van der Waals surface area contributed by atoms with Gasteiger partial charge >= 0.3 is 0 Å². The predicted molar refractivity (Wildman–Crippen MR) is 75.0 cm³/mol. The Bertz CT molecular complexity index is 683. The van der Waals surface area contributed by atoms with E-state index < -0.39 is 16.1 Å². The second-order valence-corrected chi connectivity index (χ2v) is 7.36. The summed E-state index contributed by atoms with van der Waals surface area (Å²) in [6.07, 6.45) is 0. The van der Waals surface area contributed by atoms with Crippen molar-refractivity contribution in [3.63, 3.8) is 0 Å². The summed E-state index contributed by atoms with van der Waals surface area (Å²) >= 11 is 1.08. The van der Waals surface area contributed by atoms with Crippen LogP contribution in [0.4, 0.5) is 0 Å². The van der Waals surface area contributed by atoms with Gasteiger partial charge in [0.25, 0.3) is 10.0 Å². The van der Waals surface area contributed by atoms with E-state index in [-0.39, 0.29) is 10.8 Å². The Labute approximate surface area is 121 Å². The zero-order valence-electron chi connectivity index (χ0n) is 11.4. The first-order valence-corrected chi connectivity index (χ1v) is 8.35. The summed E-state index contributed by atoms with van der Waals surface area (Å²) < 4.78 is 32.3. The number of thiophene rings is 1. The van der Waals surface area contributed by atoms with Crippen molar-refractivity contribution in [2.75, 3.05) is 0 Å². The standard InChI is InChI=1S/C12H16N2O4S2/c1-7-12(9(3)18-13-7)8(2)14-20(16,17)11-4-10(5-15)6-19-11/h4,6,8,14-15H,5H2,1-3H3. The molecule has 0 aromatic carbocycles. The van der Waals surface area contributed by atoms with Crippen molar-refractivity contribution in [3.8, 4) is 0 Å². The molecule has 8 heteroatoms. The smallest absolute Gasteiger partial charge is 0.250 e. The summed E-state index contributed by atoms with van der Waals surface area (Å²) in [6.45, 7) is 5.08. The van der Waals surface area contributed by atoms with E-state index in [1.807, 2.05) is 0 Å². The molecule has 0 bridgehead atoms. The van der Waals surface area contributed by atoms with Crippen molar-refractivity contribution < 1.29 is 18.0 Å².